The second kappa shape index (κ2) is 4.04. The van der Waals surface area contributed by atoms with Crippen molar-refractivity contribution in [3.8, 4) is 0 Å². The van der Waals surface area contributed by atoms with Crippen molar-refractivity contribution >= 4 is 11.8 Å². The molecule has 1 atom stereocenters. The van der Waals surface area contributed by atoms with Gasteiger partial charge in [-0.15, -0.1) is 0 Å². The van der Waals surface area contributed by atoms with Gasteiger partial charge in [0.15, 0.2) is 0 Å². The highest BCUT2D eigenvalue weighted by Gasteiger charge is 2.41. The number of hydrogen-bond donors (Lipinski definition) is 1. The zero-order valence-corrected chi connectivity index (χ0v) is 10.5. The average Bonchev–Trinajstić information content (AvgIpc) is 2.16. The molecule has 1 aromatic rings. The number of benzene rings is 1. The summed E-state index contributed by atoms with van der Waals surface area (Å²) >= 11 is 1.70. The largest absolute Gasteiger partial charge is 0.384 e. The van der Waals surface area contributed by atoms with E-state index in [1.807, 2.05) is 0 Å². The number of halogens is 1. The van der Waals surface area contributed by atoms with Crippen molar-refractivity contribution in [2.45, 2.75) is 25.9 Å². The standard InChI is InChI=1S/C13H17FOS/c1-12(2)7-13(15,9-16-8-12)10-5-3-4-6-11(10)14/h3-6,15H,7-9H2,1-2H3. The van der Waals surface area contributed by atoms with Crippen LogP contribution in [0.3, 0.4) is 0 Å². The van der Waals surface area contributed by atoms with Gasteiger partial charge >= 0.3 is 0 Å². The molecule has 1 aromatic carbocycles. The number of hydrogen-bond acceptors (Lipinski definition) is 2. The quantitative estimate of drug-likeness (QED) is 0.813. The monoisotopic (exact) mass is 240 g/mol. The Morgan fingerprint density at radius 1 is 1.25 bits per heavy atom. The minimum Gasteiger partial charge on any atom is -0.384 e. The van der Waals surface area contributed by atoms with Gasteiger partial charge in [0.1, 0.15) is 11.4 Å². The van der Waals surface area contributed by atoms with Gasteiger partial charge in [-0.3, -0.25) is 0 Å². The molecule has 1 fully saturated rings. The van der Waals surface area contributed by atoms with Crippen molar-refractivity contribution in [2.75, 3.05) is 11.5 Å². The molecule has 88 valence electrons. The first kappa shape index (κ1) is 11.9. The lowest BCUT2D eigenvalue weighted by Gasteiger charge is -2.41. The number of rotatable bonds is 1. The van der Waals surface area contributed by atoms with Crippen molar-refractivity contribution in [1.29, 1.82) is 0 Å². The van der Waals surface area contributed by atoms with Crippen LogP contribution in [0.4, 0.5) is 4.39 Å². The highest BCUT2D eigenvalue weighted by Crippen LogP contribution is 2.44. The van der Waals surface area contributed by atoms with Gasteiger partial charge in [-0.2, -0.15) is 11.8 Å². The third-order valence-corrected chi connectivity index (χ3v) is 4.65. The first-order valence-corrected chi connectivity index (χ1v) is 6.64. The van der Waals surface area contributed by atoms with Gasteiger partial charge in [-0.1, -0.05) is 32.0 Å². The Labute approximate surface area is 100 Å². The molecule has 0 saturated carbocycles. The third kappa shape index (κ3) is 2.25. The molecule has 2 rings (SSSR count). The van der Waals surface area contributed by atoms with Crippen LogP contribution in [0.25, 0.3) is 0 Å². The Morgan fingerprint density at radius 2 is 1.94 bits per heavy atom. The smallest absolute Gasteiger partial charge is 0.129 e. The lowest BCUT2D eigenvalue weighted by molar-refractivity contribution is 0.0126. The molecule has 1 aliphatic heterocycles. The van der Waals surface area contributed by atoms with Crippen molar-refractivity contribution < 1.29 is 9.50 Å². The Balaban J connectivity index is 2.35. The van der Waals surface area contributed by atoms with Crippen LogP contribution >= 0.6 is 11.8 Å². The summed E-state index contributed by atoms with van der Waals surface area (Å²) in [6.07, 6.45) is 0.619. The van der Waals surface area contributed by atoms with E-state index in [4.69, 9.17) is 0 Å². The molecule has 0 aliphatic carbocycles. The second-order valence-corrected chi connectivity index (χ2v) is 6.33. The van der Waals surface area contributed by atoms with Gasteiger partial charge in [-0.25, -0.2) is 4.39 Å². The molecule has 0 bridgehead atoms. The fourth-order valence-corrected chi connectivity index (χ4v) is 3.75. The molecule has 0 amide bonds. The van der Waals surface area contributed by atoms with Gasteiger partial charge in [0.25, 0.3) is 0 Å². The van der Waals surface area contributed by atoms with Gasteiger partial charge < -0.3 is 5.11 Å². The summed E-state index contributed by atoms with van der Waals surface area (Å²) in [4.78, 5) is 0. The summed E-state index contributed by atoms with van der Waals surface area (Å²) in [6, 6.07) is 6.54. The molecule has 3 heteroatoms. The summed E-state index contributed by atoms with van der Waals surface area (Å²) in [5, 5.41) is 10.6. The molecule has 1 N–H and O–H groups in total. The second-order valence-electron chi connectivity index (χ2n) is 5.35. The topological polar surface area (TPSA) is 20.2 Å². The molecule has 1 aliphatic rings. The van der Waals surface area contributed by atoms with E-state index >= 15 is 0 Å². The van der Waals surface area contributed by atoms with Crippen molar-refractivity contribution in [1.82, 2.24) is 0 Å². The predicted molar refractivity (Wildman–Crippen MR) is 66.0 cm³/mol. The minimum absolute atomic E-state index is 0.0555. The number of thioether (sulfide) groups is 1. The van der Waals surface area contributed by atoms with E-state index in [1.165, 1.54) is 6.07 Å². The molecule has 0 aromatic heterocycles. The van der Waals surface area contributed by atoms with E-state index < -0.39 is 5.60 Å². The highest BCUT2D eigenvalue weighted by atomic mass is 32.2. The summed E-state index contributed by atoms with van der Waals surface area (Å²) in [7, 11) is 0. The first-order chi connectivity index (χ1) is 7.43. The van der Waals surface area contributed by atoms with Gasteiger partial charge in [0.05, 0.1) is 0 Å². The lowest BCUT2D eigenvalue weighted by Crippen LogP contribution is -2.40. The molecular formula is C13H17FOS. The zero-order chi connectivity index (χ0) is 11.8. The maximum atomic E-state index is 13.7. The van der Waals surface area contributed by atoms with Gasteiger partial charge in [0, 0.05) is 11.3 Å². The summed E-state index contributed by atoms with van der Waals surface area (Å²) < 4.78 is 13.7. The molecule has 0 spiro atoms. The fraction of sp³-hybridized carbons (Fsp3) is 0.538. The van der Waals surface area contributed by atoms with E-state index in [1.54, 1.807) is 30.0 Å². The Kier molecular flexibility index (Phi) is 3.01. The third-order valence-electron chi connectivity index (χ3n) is 2.98. The van der Waals surface area contributed by atoms with Gasteiger partial charge in [0.2, 0.25) is 0 Å². The fourth-order valence-electron chi connectivity index (χ4n) is 2.40. The normalized spacial score (nSPS) is 29.0. The molecule has 1 nitrogen and oxygen atoms in total. The van der Waals surface area contributed by atoms with E-state index in [2.05, 4.69) is 13.8 Å². The van der Waals surface area contributed by atoms with Crippen molar-refractivity contribution in [3.05, 3.63) is 35.6 Å². The zero-order valence-electron chi connectivity index (χ0n) is 9.66. The van der Waals surface area contributed by atoms with Crippen LogP contribution in [-0.2, 0) is 5.60 Å². The van der Waals surface area contributed by atoms with Crippen molar-refractivity contribution in [2.24, 2.45) is 5.41 Å². The maximum absolute atomic E-state index is 13.7. The van der Waals surface area contributed by atoms with Crippen LogP contribution in [0.2, 0.25) is 0 Å². The predicted octanol–water partition coefficient (Wildman–Crippen LogP) is 3.18. The van der Waals surface area contributed by atoms with Gasteiger partial charge in [-0.05, 0) is 23.7 Å². The summed E-state index contributed by atoms with van der Waals surface area (Å²) in [5.41, 5.74) is -0.521. The van der Waals surface area contributed by atoms with Crippen molar-refractivity contribution in [3.63, 3.8) is 0 Å². The molecule has 1 saturated heterocycles. The summed E-state index contributed by atoms with van der Waals surface area (Å²) in [6.45, 7) is 4.23. The minimum atomic E-state index is -1.02. The molecule has 0 radical (unpaired) electrons. The lowest BCUT2D eigenvalue weighted by atomic mass is 9.78. The van der Waals surface area contributed by atoms with E-state index in [9.17, 15) is 9.50 Å². The Bertz CT molecular complexity index is 391. The molecular weight excluding hydrogens is 223 g/mol. The van der Waals surface area contributed by atoms with Crippen LogP contribution in [-0.4, -0.2) is 16.6 Å². The SMILES string of the molecule is CC1(C)CSCC(O)(c2ccccc2F)C1. The highest BCUT2D eigenvalue weighted by molar-refractivity contribution is 7.99. The molecule has 1 unspecified atom stereocenters. The Hall–Kier alpha value is -0.540. The first-order valence-electron chi connectivity index (χ1n) is 5.48. The van der Waals surface area contributed by atoms with Crippen LogP contribution in [0.1, 0.15) is 25.8 Å². The van der Waals surface area contributed by atoms with Crippen LogP contribution in [0, 0.1) is 11.2 Å². The van der Waals surface area contributed by atoms with Crippen LogP contribution in [0.15, 0.2) is 24.3 Å². The van der Waals surface area contributed by atoms with E-state index in [-0.39, 0.29) is 11.2 Å². The van der Waals surface area contributed by atoms with E-state index in [0.717, 1.165) is 5.75 Å². The van der Waals surface area contributed by atoms with Crippen LogP contribution in [0.5, 0.6) is 0 Å². The maximum Gasteiger partial charge on any atom is 0.129 e. The molecule has 1 heterocycles. The average molecular weight is 240 g/mol. The van der Waals surface area contributed by atoms with E-state index in [0.29, 0.717) is 17.7 Å². The van der Waals surface area contributed by atoms with Crippen LogP contribution < -0.4 is 0 Å². The summed E-state index contributed by atoms with van der Waals surface area (Å²) in [5.74, 6) is 1.30. The molecule has 16 heavy (non-hydrogen) atoms. The Morgan fingerprint density at radius 3 is 2.56 bits per heavy atom. The number of aliphatic hydroxyl groups is 1.